The van der Waals surface area contributed by atoms with Crippen molar-refractivity contribution >= 4 is 18.4 Å². The van der Waals surface area contributed by atoms with E-state index in [4.69, 9.17) is 4.65 Å². The largest absolute Gasteiger partial charge is 0.491 e. The Hall–Kier alpha value is -2.19. The number of hydrogen-bond acceptors (Lipinski definition) is 3. The van der Waals surface area contributed by atoms with E-state index in [0.717, 1.165) is 5.56 Å². The van der Waals surface area contributed by atoms with Crippen molar-refractivity contribution in [3.05, 3.63) is 64.5 Å². The van der Waals surface area contributed by atoms with Crippen molar-refractivity contribution in [2.75, 3.05) is 6.61 Å². The van der Waals surface area contributed by atoms with E-state index in [0.29, 0.717) is 42.3 Å². The maximum absolute atomic E-state index is 13.8. The summed E-state index contributed by atoms with van der Waals surface area (Å²) in [5.74, 6) is -1.77. The number of halogens is 4. The van der Waals surface area contributed by atoms with E-state index in [1.807, 2.05) is 0 Å². The number of fused-ring (bicyclic) bond motifs is 1. The lowest BCUT2D eigenvalue weighted by molar-refractivity contribution is -0.137. The average molecular weight is 352 g/mol. The molecule has 1 N–H and O–H groups in total. The van der Waals surface area contributed by atoms with Gasteiger partial charge in [-0.3, -0.25) is 4.79 Å². The predicted octanol–water partition coefficient (Wildman–Crippen LogP) is 2.53. The van der Waals surface area contributed by atoms with Gasteiger partial charge in [-0.2, -0.15) is 13.2 Å². The highest BCUT2D eigenvalue weighted by Crippen LogP contribution is 2.30. The summed E-state index contributed by atoms with van der Waals surface area (Å²) in [7, 11) is -1.11. The number of Topliss-reactive ketones (excluding diaryl/α,β-unsaturated/α-hetero) is 1. The smallest absolute Gasteiger partial charge is 0.423 e. The van der Waals surface area contributed by atoms with Crippen LogP contribution in [-0.4, -0.2) is 24.5 Å². The van der Waals surface area contributed by atoms with Gasteiger partial charge in [-0.1, -0.05) is 18.2 Å². The van der Waals surface area contributed by atoms with Crippen LogP contribution < -0.4 is 5.46 Å². The average Bonchev–Trinajstić information content (AvgIpc) is 2.55. The van der Waals surface area contributed by atoms with Gasteiger partial charge in [-0.05, 0) is 41.2 Å². The van der Waals surface area contributed by atoms with E-state index in [-0.39, 0.29) is 6.42 Å². The summed E-state index contributed by atoms with van der Waals surface area (Å²) in [6.07, 6.45) is -4.32. The molecule has 0 fully saturated rings. The lowest BCUT2D eigenvalue weighted by Gasteiger charge is -2.19. The van der Waals surface area contributed by atoms with E-state index in [2.05, 4.69) is 0 Å². The molecule has 2 aromatic carbocycles. The maximum atomic E-state index is 13.8. The maximum Gasteiger partial charge on any atom is 0.491 e. The number of carbonyl (C=O) groups excluding carboxylic acids is 1. The fourth-order valence-electron chi connectivity index (χ4n) is 2.78. The van der Waals surface area contributed by atoms with E-state index >= 15 is 0 Å². The minimum atomic E-state index is -4.66. The molecule has 0 aliphatic carbocycles. The van der Waals surface area contributed by atoms with Crippen molar-refractivity contribution < 1.29 is 32.0 Å². The van der Waals surface area contributed by atoms with Crippen molar-refractivity contribution in [2.45, 2.75) is 19.0 Å². The highest BCUT2D eigenvalue weighted by Gasteiger charge is 2.32. The van der Waals surface area contributed by atoms with E-state index in [1.165, 1.54) is 0 Å². The van der Waals surface area contributed by atoms with Crippen molar-refractivity contribution in [3.8, 4) is 0 Å². The van der Waals surface area contributed by atoms with Gasteiger partial charge in [0.25, 0.3) is 0 Å². The van der Waals surface area contributed by atoms with Crippen LogP contribution in [0.15, 0.2) is 36.4 Å². The number of benzene rings is 2. The lowest BCUT2D eigenvalue weighted by atomic mass is 9.72. The highest BCUT2D eigenvalue weighted by atomic mass is 19.4. The minimum absolute atomic E-state index is 0.280. The van der Waals surface area contributed by atoms with Crippen molar-refractivity contribution in [3.63, 3.8) is 0 Å². The zero-order chi connectivity index (χ0) is 18.2. The fraction of sp³-hybridized carbons (Fsp3) is 0.235. The van der Waals surface area contributed by atoms with Gasteiger partial charge >= 0.3 is 13.3 Å². The first-order valence-corrected chi connectivity index (χ1v) is 7.57. The van der Waals surface area contributed by atoms with E-state index < -0.39 is 36.0 Å². The first-order valence-electron chi connectivity index (χ1n) is 7.57. The van der Waals surface area contributed by atoms with Crippen molar-refractivity contribution in [2.24, 2.45) is 0 Å². The second-order valence-corrected chi connectivity index (χ2v) is 5.80. The van der Waals surface area contributed by atoms with Crippen LogP contribution in [0.3, 0.4) is 0 Å². The summed E-state index contributed by atoms with van der Waals surface area (Å²) >= 11 is 0. The topological polar surface area (TPSA) is 46.5 Å². The summed E-state index contributed by atoms with van der Waals surface area (Å²) in [5, 5.41) is 9.81. The molecule has 0 unspecified atom stereocenters. The molecule has 25 heavy (non-hydrogen) atoms. The molecule has 3 rings (SSSR count). The summed E-state index contributed by atoms with van der Waals surface area (Å²) in [6, 6.07) is 6.68. The van der Waals surface area contributed by atoms with Gasteiger partial charge in [0.2, 0.25) is 0 Å². The zero-order valence-electron chi connectivity index (χ0n) is 12.9. The first kappa shape index (κ1) is 17.6. The minimum Gasteiger partial charge on any atom is -0.423 e. The molecule has 1 aliphatic heterocycles. The van der Waals surface area contributed by atoms with Gasteiger partial charge in [-0.25, -0.2) is 4.39 Å². The predicted molar refractivity (Wildman–Crippen MR) is 83.1 cm³/mol. The summed E-state index contributed by atoms with van der Waals surface area (Å²) in [6.45, 7) is 0.377. The Balaban J connectivity index is 1.87. The second-order valence-electron chi connectivity index (χ2n) is 5.80. The third-order valence-electron chi connectivity index (χ3n) is 4.08. The Morgan fingerprint density at radius 1 is 1.20 bits per heavy atom. The quantitative estimate of drug-likeness (QED) is 0.525. The Bertz CT molecular complexity index is 820. The van der Waals surface area contributed by atoms with Crippen LogP contribution in [0.4, 0.5) is 17.6 Å². The molecule has 1 heterocycles. The van der Waals surface area contributed by atoms with Crippen LogP contribution in [0, 0.1) is 5.82 Å². The number of rotatable bonds is 3. The van der Waals surface area contributed by atoms with Crippen LogP contribution in [0.25, 0.3) is 0 Å². The molecule has 0 spiro atoms. The van der Waals surface area contributed by atoms with Gasteiger partial charge in [0.05, 0.1) is 11.1 Å². The molecule has 130 valence electrons. The molecule has 0 aromatic heterocycles. The van der Waals surface area contributed by atoms with Crippen LogP contribution >= 0.6 is 0 Å². The first-order chi connectivity index (χ1) is 11.8. The lowest BCUT2D eigenvalue weighted by Crippen LogP contribution is -2.41. The van der Waals surface area contributed by atoms with Crippen molar-refractivity contribution in [1.82, 2.24) is 0 Å². The molecule has 0 radical (unpaired) electrons. The van der Waals surface area contributed by atoms with Crippen LogP contribution in [-0.2, 0) is 23.7 Å². The van der Waals surface area contributed by atoms with Gasteiger partial charge in [0, 0.05) is 13.0 Å². The SMILES string of the molecule is O=C(Cc1ccc2c(c1)B(O)OCC2)c1cc(C(F)(F)F)ccc1F. The Kier molecular flexibility index (Phi) is 4.66. The normalized spacial score (nSPS) is 14.4. The molecule has 8 heteroatoms. The molecule has 0 saturated heterocycles. The fourth-order valence-corrected chi connectivity index (χ4v) is 2.78. The summed E-state index contributed by atoms with van der Waals surface area (Å²) in [5.41, 5.74) is 0.169. The molecule has 3 nitrogen and oxygen atoms in total. The van der Waals surface area contributed by atoms with Crippen LogP contribution in [0.5, 0.6) is 0 Å². The number of carbonyl (C=O) groups is 1. The van der Waals surface area contributed by atoms with Gasteiger partial charge in [0.1, 0.15) is 5.82 Å². The highest BCUT2D eigenvalue weighted by molar-refractivity contribution is 6.60. The van der Waals surface area contributed by atoms with Crippen LogP contribution in [0.1, 0.15) is 27.0 Å². The second kappa shape index (κ2) is 6.61. The number of ketones is 1. The third-order valence-corrected chi connectivity index (χ3v) is 4.08. The summed E-state index contributed by atoms with van der Waals surface area (Å²) < 4.78 is 57.1. The number of hydrogen-bond donors (Lipinski definition) is 1. The molecule has 0 amide bonds. The van der Waals surface area contributed by atoms with Gasteiger partial charge < -0.3 is 9.68 Å². The molecule has 0 atom stereocenters. The monoisotopic (exact) mass is 352 g/mol. The van der Waals surface area contributed by atoms with Gasteiger partial charge in [-0.15, -0.1) is 0 Å². The van der Waals surface area contributed by atoms with Crippen molar-refractivity contribution in [1.29, 1.82) is 0 Å². The van der Waals surface area contributed by atoms with E-state index in [9.17, 15) is 27.4 Å². The Labute approximate surface area is 141 Å². The molecule has 2 aromatic rings. The zero-order valence-corrected chi connectivity index (χ0v) is 12.9. The number of alkyl halides is 3. The molecule has 0 bridgehead atoms. The molecule has 1 aliphatic rings. The standard InChI is InChI=1S/C17H13BF4O3/c19-15-4-3-12(17(20,21)22)9-13(15)16(23)8-10-1-2-11-5-6-25-18(24)14(11)7-10/h1-4,7,9,24H,5-6,8H2. The van der Waals surface area contributed by atoms with Crippen LogP contribution in [0.2, 0.25) is 0 Å². The Morgan fingerprint density at radius 3 is 2.68 bits per heavy atom. The third kappa shape index (κ3) is 3.75. The van der Waals surface area contributed by atoms with Gasteiger partial charge in [0.15, 0.2) is 5.78 Å². The van der Waals surface area contributed by atoms with E-state index in [1.54, 1.807) is 18.2 Å². The Morgan fingerprint density at radius 2 is 1.96 bits per heavy atom. The molecular weight excluding hydrogens is 339 g/mol. The molecular formula is C17H13BF4O3. The molecule has 0 saturated carbocycles. The summed E-state index contributed by atoms with van der Waals surface area (Å²) in [4.78, 5) is 12.3.